The third-order valence-corrected chi connectivity index (χ3v) is 7.94. The van der Waals surface area contributed by atoms with Crippen molar-refractivity contribution in [3.8, 4) is 5.75 Å². The van der Waals surface area contributed by atoms with E-state index in [0.29, 0.717) is 22.0 Å². The van der Waals surface area contributed by atoms with Crippen LogP contribution in [0.1, 0.15) is 39.2 Å². The van der Waals surface area contributed by atoms with Crippen LogP contribution < -0.4 is 14.4 Å². The lowest BCUT2D eigenvalue weighted by Gasteiger charge is -2.34. The van der Waals surface area contributed by atoms with Crippen molar-refractivity contribution in [1.82, 2.24) is 10.2 Å². The standard InChI is InChI=1S/C25H32Cl3N3O5S/c1-6-16(3)29-25(33)21(7-2)30(14-18-19(27)9-8-10-20(18)28)24(32)15-31(37(5,34)35)22-13-17(26)11-12-23(22)36-4/h8-13,16,21H,6-7,14-15H2,1-5H3,(H,29,33)/t16-,21-/m0/s1. The number of halogens is 3. The van der Waals surface area contributed by atoms with Crippen LogP contribution in [0.4, 0.5) is 5.69 Å². The second-order valence-electron chi connectivity index (χ2n) is 8.55. The minimum Gasteiger partial charge on any atom is -0.495 e. The summed E-state index contributed by atoms with van der Waals surface area (Å²) in [5.41, 5.74) is 0.541. The number of anilines is 1. The number of ether oxygens (including phenoxy) is 1. The molecule has 2 aromatic rings. The van der Waals surface area contributed by atoms with Crippen molar-refractivity contribution in [3.63, 3.8) is 0 Å². The summed E-state index contributed by atoms with van der Waals surface area (Å²) in [6.45, 7) is 4.85. The van der Waals surface area contributed by atoms with Crippen molar-refractivity contribution in [2.24, 2.45) is 0 Å². The summed E-state index contributed by atoms with van der Waals surface area (Å²) in [5, 5.41) is 3.80. The van der Waals surface area contributed by atoms with Gasteiger partial charge in [-0.1, -0.05) is 54.7 Å². The first kappa shape index (κ1) is 31.0. The third kappa shape index (κ3) is 8.14. The van der Waals surface area contributed by atoms with Crippen molar-refractivity contribution in [2.45, 2.75) is 52.2 Å². The Hall–Kier alpha value is -2.20. The van der Waals surface area contributed by atoms with E-state index in [9.17, 15) is 18.0 Å². The van der Waals surface area contributed by atoms with E-state index in [0.717, 1.165) is 10.6 Å². The molecule has 2 rings (SSSR count). The van der Waals surface area contributed by atoms with E-state index in [-0.39, 0.29) is 41.4 Å². The summed E-state index contributed by atoms with van der Waals surface area (Å²) in [6.07, 6.45) is 1.95. The van der Waals surface area contributed by atoms with Crippen molar-refractivity contribution < 1.29 is 22.7 Å². The molecule has 0 fully saturated rings. The van der Waals surface area contributed by atoms with Gasteiger partial charge in [0.25, 0.3) is 0 Å². The number of hydrogen-bond donors (Lipinski definition) is 1. The summed E-state index contributed by atoms with van der Waals surface area (Å²) < 4.78 is 31.9. The average molecular weight is 593 g/mol. The molecule has 8 nitrogen and oxygen atoms in total. The Bertz CT molecular complexity index is 1210. The lowest BCUT2D eigenvalue weighted by atomic mass is 10.1. The summed E-state index contributed by atoms with van der Waals surface area (Å²) in [5.74, 6) is -0.779. The predicted molar refractivity (Wildman–Crippen MR) is 149 cm³/mol. The van der Waals surface area contributed by atoms with Gasteiger partial charge in [-0.25, -0.2) is 8.42 Å². The van der Waals surface area contributed by atoms with Gasteiger partial charge in [0.2, 0.25) is 21.8 Å². The van der Waals surface area contributed by atoms with Gasteiger partial charge in [0.05, 0.1) is 19.1 Å². The number of amides is 2. The SMILES string of the molecule is CC[C@H](C)NC(=O)[C@H](CC)N(Cc1c(Cl)cccc1Cl)C(=O)CN(c1cc(Cl)ccc1OC)S(C)(=O)=O. The van der Waals surface area contributed by atoms with E-state index in [4.69, 9.17) is 39.5 Å². The first-order valence-electron chi connectivity index (χ1n) is 11.7. The number of methoxy groups -OCH3 is 1. The second kappa shape index (κ2) is 13.6. The number of hydrogen-bond acceptors (Lipinski definition) is 5. The minimum absolute atomic E-state index is 0.0960. The Morgan fingerprint density at radius 1 is 1.05 bits per heavy atom. The number of rotatable bonds is 12. The minimum atomic E-state index is -3.97. The van der Waals surface area contributed by atoms with Crippen LogP contribution in [0.5, 0.6) is 5.75 Å². The van der Waals surface area contributed by atoms with E-state index in [1.807, 2.05) is 13.8 Å². The second-order valence-corrected chi connectivity index (χ2v) is 11.7. The van der Waals surface area contributed by atoms with Gasteiger partial charge in [-0.2, -0.15) is 0 Å². The molecule has 0 unspecified atom stereocenters. The van der Waals surface area contributed by atoms with E-state index >= 15 is 0 Å². The fourth-order valence-corrected chi connectivity index (χ4v) is 5.20. The van der Waals surface area contributed by atoms with Gasteiger partial charge < -0.3 is 15.0 Å². The lowest BCUT2D eigenvalue weighted by Crippen LogP contribution is -2.53. The molecule has 2 aromatic carbocycles. The van der Waals surface area contributed by atoms with Crippen molar-refractivity contribution in [2.75, 3.05) is 24.2 Å². The summed E-state index contributed by atoms with van der Waals surface area (Å²) >= 11 is 18.9. The Morgan fingerprint density at radius 2 is 1.68 bits per heavy atom. The number of nitrogens with one attached hydrogen (secondary N) is 1. The van der Waals surface area contributed by atoms with Gasteiger partial charge in [0, 0.05) is 33.2 Å². The van der Waals surface area contributed by atoms with Gasteiger partial charge >= 0.3 is 0 Å². The first-order valence-corrected chi connectivity index (χ1v) is 14.7. The highest BCUT2D eigenvalue weighted by Crippen LogP contribution is 2.33. The topological polar surface area (TPSA) is 96.0 Å². The van der Waals surface area contributed by atoms with E-state index in [1.165, 1.54) is 24.1 Å². The Balaban J connectivity index is 2.57. The highest BCUT2D eigenvalue weighted by Gasteiger charge is 2.33. The van der Waals surface area contributed by atoms with Crippen molar-refractivity contribution in [1.29, 1.82) is 0 Å². The van der Waals surface area contributed by atoms with Gasteiger partial charge in [0.15, 0.2) is 0 Å². The maximum atomic E-state index is 13.8. The number of carbonyl (C=O) groups is 2. The maximum Gasteiger partial charge on any atom is 0.244 e. The van der Waals surface area contributed by atoms with Gasteiger partial charge in [0.1, 0.15) is 18.3 Å². The quantitative estimate of drug-likeness (QED) is 0.368. The molecule has 0 saturated carbocycles. The normalized spacial score (nSPS) is 13.0. The molecule has 2 atom stereocenters. The van der Waals surface area contributed by atoms with E-state index < -0.39 is 28.5 Å². The van der Waals surface area contributed by atoms with Crippen LogP contribution in [0, 0.1) is 0 Å². The zero-order valence-corrected chi connectivity index (χ0v) is 24.5. The van der Waals surface area contributed by atoms with E-state index in [1.54, 1.807) is 31.2 Å². The van der Waals surface area contributed by atoms with Gasteiger partial charge in [-0.3, -0.25) is 13.9 Å². The molecule has 0 radical (unpaired) electrons. The number of carbonyl (C=O) groups excluding carboxylic acids is 2. The molecule has 204 valence electrons. The smallest absolute Gasteiger partial charge is 0.244 e. The monoisotopic (exact) mass is 591 g/mol. The van der Waals surface area contributed by atoms with E-state index in [2.05, 4.69) is 5.32 Å². The average Bonchev–Trinajstić information content (AvgIpc) is 2.83. The molecular weight excluding hydrogens is 561 g/mol. The molecule has 12 heteroatoms. The lowest BCUT2D eigenvalue weighted by molar-refractivity contribution is -0.140. The van der Waals surface area contributed by atoms with Crippen LogP contribution in [-0.4, -0.2) is 57.1 Å². The number of sulfonamides is 1. The largest absolute Gasteiger partial charge is 0.495 e. The van der Waals surface area contributed by atoms with Crippen LogP contribution in [-0.2, 0) is 26.2 Å². The van der Waals surface area contributed by atoms with Crippen molar-refractivity contribution >= 4 is 62.3 Å². The van der Waals surface area contributed by atoms with Crippen LogP contribution in [0.2, 0.25) is 15.1 Å². The molecule has 0 aliphatic rings. The fourth-order valence-electron chi connectivity index (χ4n) is 3.67. The molecule has 0 aromatic heterocycles. The summed E-state index contributed by atoms with van der Waals surface area (Å²) in [4.78, 5) is 28.3. The van der Waals surface area contributed by atoms with Crippen LogP contribution in [0.3, 0.4) is 0 Å². The summed E-state index contributed by atoms with van der Waals surface area (Å²) in [6, 6.07) is 8.36. The number of benzene rings is 2. The highest BCUT2D eigenvalue weighted by molar-refractivity contribution is 7.92. The van der Waals surface area contributed by atoms with Gasteiger partial charge in [-0.15, -0.1) is 0 Å². The molecule has 1 N–H and O–H groups in total. The fraction of sp³-hybridized carbons (Fsp3) is 0.440. The molecular formula is C25H32Cl3N3O5S. The Kier molecular flexibility index (Phi) is 11.4. The van der Waals surface area contributed by atoms with Crippen LogP contribution in [0.15, 0.2) is 36.4 Å². The predicted octanol–water partition coefficient (Wildman–Crippen LogP) is 5.14. The molecule has 0 saturated heterocycles. The Labute approximate surface area is 233 Å². The van der Waals surface area contributed by atoms with Crippen LogP contribution in [0.25, 0.3) is 0 Å². The van der Waals surface area contributed by atoms with Gasteiger partial charge in [-0.05, 0) is 50.1 Å². The zero-order valence-electron chi connectivity index (χ0n) is 21.4. The summed E-state index contributed by atoms with van der Waals surface area (Å²) in [7, 11) is -2.58. The molecule has 37 heavy (non-hydrogen) atoms. The molecule has 0 aliphatic carbocycles. The molecule has 0 heterocycles. The zero-order chi connectivity index (χ0) is 27.9. The Morgan fingerprint density at radius 3 is 2.19 bits per heavy atom. The maximum absolute atomic E-state index is 13.8. The number of nitrogens with zero attached hydrogens (tertiary/aromatic N) is 2. The third-order valence-electron chi connectivity index (χ3n) is 5.87. The van der Waals surface area contributed by atoms with Crippen LogP contribution >= 0.6 is 34.8 Å². The highest BCUT2D eigenvalue weighted by atomic mass is 35.5. The molecule has 0 spiro atoms. The van der Waals surface area contributed by atoms with Crippen molar-refractivity contribution in [3.05, 3.63) is 57.0 Å². The molecule has 0 bridgehead atoms. The first-order chi connectivity index (χ1) is 17.3. The molecule has 2 amide bonds. The molecule has 0 aliphatic heterocycles.